The topological polar surface area (TPSA) is 78.3 Å². The van der Waals surface area contributed by atoms with Gasteiger partial charge in [0.1, 0.15) is 11.5 Å². The molecule has 12 heteroatoms. The number of alkyl halides is 3. The minimum atomic E-state index is -4.96. The summed E-state index contributed by atoms with van der Waals surface area (Å²) in [6.07, 6.45) is -4.17. The number of ether oxygens (including phenoxy) is 3. The van der Waals surface area contributed by atoms with Gasteiger partial charge in [-0.25, -0.2) is 9.24 Å². The summed E-state index contributed by atoms with van der Waals surface area (Å²) in [6.45, 7) is 7.41. The molecule has 0 saturated carbocycles. The number of nitrogens with zero attached hydrogens (tertiary/aromatic N) is 1. The van der Waals surface area contributed by atoms with Crippen molar-refractivity contribution in [1.29, 1.82) is 1.43 Å². The van der Waals surface area contributed by atoms with Crippen molar-refractivity contribution in [2.45, 2.75) is 6.36 Å². The van der Waals surface area contributed by atoms with Crippen LogP contribution in [0.4, 0.5) is 23.2 Å². The average Bonchev–Trinajstić information content (AvgIpc) is 2.97. The van der Waals surface area contributed by atoms with E-state index < -0.39 is 25.7 Å². The van der Waals surface area contributed by atoms with Crippen molar-refractivity contribution >= 4 is 22.4 Å². The Morgan fingerprint density at radius 3 is 1.76 bits per heavy atom. The predicted molar refractivity (Wildman–Crippen MR) is 156 cm³/mol. The summed E-state index contributed by atoms with van der Waals surface area (Å²) in [5, 5.41) is 4.03. The lowest BCUT2D eigenvalue weighted by Gasteiger charge is -2.11. The van der Waals surface area contributed by atoms with E-state index in [0.29, 0.717) is 34.9 Å². The minimum Gasteiger partial charge on any atom is -0.458 e. The SMILES string of the molecule is [3H]OCCP(N)P.[C-]#[N+]c1ccc(-c2ccc(OCOc3ccc(-c4ccc(OC(F)(F)F)c(F)c4)cc3)cc2)cc1. The zero-order valence-electron chi connectivity index (χ0n) is 22.5. The molecule has 41 heavy (non-hydrogen) atoms. The van der Waals surface area contributed by atoms with E-state index in [1.165, 1.54) is 6.07 Å². The highest BCUT2D eigenvalue weighted by molar-refractivity contribution is 8.12. The van der Waals surface area contributed by atoms with Crippen LogP contribution in [0.5, 0.6) is 17.2 Å². The monoisotopic (exact) mass is 606 g/mol. The lowest BCUT2D eigenvalue weighted by atomic mass is 10.1. The van der Waals surface area contributed by atoms with Gasteiger partial charge in [0.15, 0.2) is 17.3 Å². The predicted octanol–water partition coefficient (Wildman–Crippen LogP) is 8.15. The molecule has 2 unspecified atom stereocenters. The quantitative estimate of drug-likeness (QED) is 0.0825. The molecule has 0 aliphatic rings. The molecule has 6 nitrogen and oxygen atoms in total. The smallest absolute Gasteiger partial charge is 0.458 e. The maximum atomic E-state index is 13.9. The van der Waals surface area contributed by atoms with Crippen molar-refractivity contribution < 1.29 is 36.9 Å². The Hall–Kier alpha value is -3.73. The van der Waals surface area contributed by atoms with Crippen LogP contribution in [0.15, 0.2) is 91.0 Å². The molecular weight excluding hydrogens is 578 g/mol. The van der Waals surface area contributed by atoms with Crippen LogP contribution < -0.4 is 19.7 Å². The number of rotatable bonds is 10. The number of hydrogen-bond donors (Lipinski definition) is 2. The molecule has 0 fully saturated rings. The first-order chi connectivity index (χ1) is 20.1. The van der Waals surface area contributed by atoms with Gasteiger partial charge in [-0.3, -0.25) is 0 Å². The molecule has 4 aromatic rings. The van der Waals surface area contributed by atoms with Gasteiger partial charge in [-0.15, -0.1) is 13.2 Å². The van der Waals surface area contributed by atoms with Crippen LogP contribution in [0, 0.1) is 12.4 Å². The van der Waals surface area contributed by atoms with Gasteiger partial charge in [-0.2, -0.15) is 0 Å². The van der Waals surface area contributed by atoms with Crippen LogP contribution in [0.1, 0.15) is 0 Å². The molecular formula is C29H26F4N2O4P2. The minimum absolute atomic E-state index is 0.0451. The molecule has 0 aliphatic carbocycles. The Labute approximate surface area is 239 Å². The summed E-state index contributed by atoms with van der Waals surface area (Å²) in [7, 11) is 2.05. The summed E-state index contributed by atoms with van der Waals surface area (Å²) >= 11 is 0. The number of benzene rings is 4. The second-order valence-corrected chi connectivity index (χ2v) is 11.7. The number of aliphatic hydroxyl groups is 1. The van der Waals surface area contributed by atoms with Gasteiger partial charge >= 0.3 is 6.36 Å². The van der Waals surface area contributed by atoms with Gasteiger partial charge in [0.05, 0.1) is 6.57 Å². The fourth-order valence-corrected chi connectivity index (χ4v) is 3.90. The van der Waals surface area contributed by atoms with Crippen molar-refractivity contribution in [3.8, 4) is 39.5 Å². The lowest BCUT2D eigenvalue weighted by molar-refractivity contribution is -0.275. The number of hydrogen-bond acceptors (Lipinski definition) is 5. The van der Waals surface area contributed by atoms with E-state index in [0.717, 1.165) is 29.4 Å². The van der Waals surface area contributed by atoms with Crippen LogP contribution in [0.25, 0.3) is 27.1 Å². The van der Waals surface area contributed by atoms with Crippen LogP contribution in [-0.4, -0.2) is 32.5 Å². The highest BCUT2D eigenvalue weighted by Crippen LogP contribution is 2.33. The van der Waals surface area contributed by atoms with Gasteiger partial charge in [-0.1, -0.05) is 63.5 Å². The highest BCUT2D eigenvalue weighted by Gasteiger charge is 2.32. The number of halogens is 4. The molecule has 0 amide bonds. The number of nitrogens with two attached hydrogens (primary N) is 1. The molecule has 214 valence electrons. The second kappa shape index (κ2) is 15.3. The molecule has 0 radical (unpaired) electrons. The zero-order chi connectivity index (χ0) is 30.5. The average molecular weight is 606 g/mol. The summed E-state index contributed by atoms with van der Waals surface area (Å²) in [5.74, 6) is -0.883. The van der Waals surface area contributed by atoms with E-state index in [9.17, 15) is 17.6 Å². The van der Waals surface area contributed by atoms with Crippen molar-refractivity contribution in [3.05, 3.63) is 108 Å². The van der Waals surface area contributed by atoms with Gasteiger partial charge in [-0.05, 0) is 66.4 Å². The maximum Gasteiger partial charge on any atom is 0.573 e. The third-order valence-electron chi connectivity index (χ3n) is 5.33. The Bertz CT molecular complexity index is 1450. The Morgan fingerprint density at radius 1 is 0.854 bits per heavy atom. The molecule has 0 heterocycles. The van der Waals surface area contributed by atoms with E-state index in [-0.39, 0.29) is 6.79 Å². The van der Waals surface area contributed by atoms with Crippen LogP contribution in [-0.2, 0) is 0 Å². The van der Waals surface area contributed by atoms with Gasteiger partial charge < -0.3 is 24.8 Å². The standard InChI is InChI=1S/C27H17F4NO3.C2H9NOP2/c1-32-22-9-2-18(3-10-22)19-4-11-23(12-5-19)33-17-34-24-13-6-20(7-14-24)21-8-15-26(25(28)16-21)35-27(29,30)31;3-6(5)2-1-4/h2-16H,17H2;4H,1-3,5H2/i;4T. The van der Waals surface area contributed by atoms with Crippen LogP contribution in [0.2, 0.25) is 0 Å². The van der Waals surface area contributed by atoms with E-state index in [1.807, 2.05) is 36.4 Å². The maximum absolute atomic E-state index is 13.9. The Kier molecular flexibility index (Phi) is 11.3. The van der Waals surface area contributed by atoms with E-state index in [1.54, 1.807) is 36.4 Å². The van der Waals surface area contributed by atoms with Crippen LogP contribution in [0.3, 0.4) is 0 Å². The van der Waals surface area contributed by atoms with Crippen molar-refractivity contribution in [3.63, 3.8) is 0 Å². The first-order valence-corrected chi connectivity index (χ1v) is 15.1. The Balaban J connectivity index is 0.000000616. The zero-order valence-corrected chi connectivity index (χ0v) is 23.5. The van der Waals surface area contributed by atoms with Crippen molar-refractivity contribution in [1.82, 2.24) is 0 Å². The first-order valence-electron chi connectivity index (χ1n) is 12.3. The molecule has 4 rings (SSSR count). The largest absolute Gasteiger partial charge is 0.573 e. The molecule has 3 N–H and O–H groups in total. The fraction of sp³-hybridized carbons (Fsp3) is 0.138. The number of aliphatic hydroxyl groups excluding tert-OH is 1. The lowest BCUT2D eigenvalue weighted by Crippen LogP contribution is -2.17. The van der Waals surface area contributed by atoms with Gasteiger partial charge in [0, 0.05) is 12.8 Å². The van der Waals surface area contributed by atoms with E-state index in [4.69, 9.17) is 23.0 Å². The molecule has 0 aromatic heterocycles. The summed E-state index contributed by atoms with van der Waals surface area (Å²) < 4.78 is 71.9. The molecule has 0 spiro atoms. The molecule has 0 aliphatic heterocycles. The highest BCUT2D eigenvalue weighted by atomic mass is 32.0. The Morgan fingerprint density at radius 2 is 1.34 bits per heavy atom. The third kappa shape index (κ3) is 10.6. The van der Waals surface area contributed by atoms with E-state index in [2.05, 4.69) is 23.6 Å². The second-order valence-electron chi connectivity index (χ2n) is 8.25. The summed E-state index contributed by atoms with van der Waals surface area (Å²) in [6, 6.07) is 24.6. The molecule has 4 aromatic carbocycles. The molecule has 2 atom stereocenters. The molecule has 0 saturated heterocycles. The van der Waals surface area contributed by atoms with E-state index >= 15 is 0 Å². The summed E-state index contributed by atoms with van der Waals surface area (Å²) in [4.78, 5) is 3.38. The fourth-order valence-electron chi connectivity index (χ4n) is 3.37. The third-order valence-corrected chi connectivity index (χ3v) is 6.80. The summed E-state index contributed by atoms with van der Waals surface area (Å²) in [5.41, 5.74) is 8.89. The first kappa shape index (κ1) is 30.2. The normalized spacial score (nSPS) is 11.8. The van der Waals surface area contributed by atoms with Crippen molar-refractivity contribution in [2.75, 3.05) is 19.6 Å². The molecule has 0 bridgehead atoms. The van der Waals surface area contributed by atoms with Crippen molar-refractivity contribution in [2.24, 2.45) is 5.50 Å². The van der Waals surface area contributed by atoms with Gasteiger partial charge in [0.2, 0.25) is 8.22 Å². The van der Waals surface area contributed by atoms with Gasteiger partial charge in [0.25, 0.3) is 0 Å². The van der Waals surface area contributed by atoms with Crippen LogP contribution >= 0.6 is 16.7 Å².